The number of carbonyl (C=O) groups is 1. The Hall–Kier alpha value is -1.38. The fourth-order valence-corrected chi connectivity index (χ4v) is 4.72. The number of hydrogen-bond donors (Lipinski definition) is 1. The van der Waals surface area contributed by atoms with E-state index in [4.69, 9.17) is 0 Å². The minimum atomic E-state index is -0.681. The molecule has 1 fully saturated rings. The smallest absolute Gasteiger partial charge is 0.309 e. The van der Waals surface area contributed by atoms with E-state index in [-0.39, 0.29) is 17.2 Å². The molecule has 0 bridgehead atoms. The standard InChI is InChI=1S/C17H21FO2/c1-16-8-3-9-17(2,15(19)20)14(16)7-4-11-10-12(18)5-6-13(11)16/h5-6,10,14H,3-4,7-9H2,1-2H3,(H,19,20). The Bertz CT molecular complexity index is 568. The van der Waals surface area contributed by atoms with Crippen LogP contribution in [0.5, 0.6) is 0 Å². The van der Waals surface area contributed by atoms with Gasteiger partial charge in [0.2, 0.25) is 0 Å². The zero-order valence-electron chi connectivity index (χ0n) is 12.1. The van der Waals surface area contributed by atoms with Crippen LogP contribution in [-0.2, 0) is 16.6 Å². The monoisotopic (exact) mass is 276 g/mol. The SMILES string of the molecule is CC1(C(=O)O)CCCC2(C)c3ccc(F)cc3CCC12. The number of rotatable bonds is 1. The van der Waals surface area contributed by atoms with Gasteiger partial charge in [0, 0.05) is 0 Å². The molecule has 1 saturated carbocycles. The van der Waals surface area contributed by atoms with E-state index in [0.29, 0.717) is 0 Å². The van der Waals surface area contributed by atoms with Gasteiger partial charge < -0.3 is 5.11 Å². The topological polar surface area (TPSA) is 37.3 Å². The van der Waals surface area contributed by atoms with Gasteiger partial charge in [-0.25, -0.2) is 4.39 Å². The Kier molecular flexibility index (Phi) is 2.93. The van der Waals surface area contributed by atoms with E-state index in [2.05, 4.69) is 6.92 Å². The minimum Gasteiger partial charge on any atom is -0.481 e. The van der Waals surface area contributed by atoms with Crippen molar-refractivity contribution >= 4 is 5.97 Å². The summed E-state index contributed by atoms with van der Waals surface area (Å²) in [5.74, 6) is -0.735. The first-order chi connectivity index (χ1) is 9.38. The van der Waals surface area contributed by atoms with Gasteiger partial charge in [-0.1, -0.05) is 19.4 Å². The molecule has 108 valence electrons. The first kappa shape index (κ1) is 13.6. The summed E-state index contributed by atoms with van der Waals surface area (Å²) in [6.07, 6.45) is 4.30. The molecular weight excluding hydrogens is 255 g/mol. The average Bonchev–Trinajstić information content (AvgIpc) is 2.37. The maximum absolute atomic E-state index is 13.4. The molecule has 2 aliphatic rings. The van der Waals surface area contributed by atoms with Gasteiger partial charge in [-0.05, 0) is 67.2 Å². The Morgan fingerprint density at radius 2 is 2.10 bits per heavy atom. The van der Waals surface area contributed by atoms with Crippen LogP contribution in [0.3, 0.4) is 0 Å². The van der Waals surface area contributed by atoms with Gasteiger partial charge in [0.25, 0.3) is 0 Å². The van der Waals surface area contributed by atoms with Gasteiger partial charge >= 0.3 is 5.97 Å². The Balaban J connectivity index is 2.12. The molecule has 3 rings (SSSR count). The van der Waals surface area contributed by atoms with Gasteiger partial charge in [0.05, 0.1) is 5.41 Å². The lowest BCUT2D eigenvalue weighted by Gasteiger charge is -2.53. The first-order valence-corrected chi connectivity index (χ1v) is 7.40. The van der Waals surface area contributed by atoms with Gasteiger partial charge in [0.1, 0.15) is 5.82 Å². The van der Waals surface area contributed by atoms with Crippen molar-refractivity contribution in [2.45, 2.75) is 51.4 Å². The van der Waals surface area contributed by atoms with Crippen molar-refractivity contribution in [2.24, 2.45) is 11.3 Å². The number of carboxylic acids is 1. The van der Waals surface area contributed by atoms with Crippen LogP contribution in [0, 0.1) is 17.2 Å². The largest absolute Gasteiger partial charge is 0.481 e. The third kappa shape index (κ3) is 1.72. The normalized spacial score (nSPS) is 36.0. The summed E-state index contributed by atoms with van der Waals surface area (Å²) in [7, 11) is 0. The van der Waals surface area contributed by atoms with E-state index in [1.807, 2.05) is 13.0 Å². The number of carboxylic acid groups (broad SMARTS) is 1. The molecule has 1 N–H and O–H groups in total. The Morgan fingerprint density at radius 1 is 1.35 bits per heavy atom. The van der Waals surface area contributed by atoms with Crippen LogP contribution in [0.4, 0.5) is 4.39 Å². The highest BCUT2D eigenvalue weighted by Crippen LogP contribution is 2.57. The molecule has 3 atom stereocenters. The summed E-state index contributed by atoms with van der Waals surface area (Å²) in [5, 5.41) is 9.68. The van der Waals surface area contributed by atoms with Crippen molar-refractivity contribution in [3.8, 4) is 0 Å². The van der Waals surface area contributed by atoms with Crippen LogP contribution in [-0.4, -0.2) is 11.1 Å². The van der Waals surface area contributed by atoms with Crippen molar-refractivity contribution in [1.29, 1.82) is 0 Å². The molecular formula is C17H21FO2. The molecule has 1 aromatic rings. The predicted octanol–water partition coefficient (Wildman–Crippen LogP) is 3.92. The average molecular weight is 276 g/mol. The maximum atomic E-state index is 13.4. The summed E-state index contributed by atoms with van der Waals surface area (Å²) in [6.45, 7) is 4.07. The molecule has 2 aliphatic carbocycles. The summed E-state index contributed by atoms with van der Waals surface area (Å²) in [4.78, 5) is 11.8. The summed E-state index contributed by atoms with van der Waals surface area (Å²) in [5.41, 5.74) is 1.45. The molecule has 0 saturated heterocycles. The van der Waals surface area contributed by atoms with Crippen molar-refractivity contribution in [3.63, 3.8) is 0 Å². The van der Waals surface area contributed by atoms with Gasteiger partial charge in [0.15, 0.2) is 0 Å². The van der Waals surface area contributed by atoms with E-state index in [0.717, 1.165) is 37.7 Å². The molecule has 0 spiro atoms. The highest BCUT2D eigenvalue weighted by atomic mass is 19.1. The molecule has 1 aromatic carbocycles. The number of fused-ring (bicyclic) bond motifs is 3. The van der Waals surface area contributed by atoms with E-state index in [1.165, 1.54) is 11.6 Å². The number of halogens is 1. The van der Waals surface area contributed by atoms with Crippen LogP contribution in [0.25, 0.3) is 0 Å². The van der Waals surface area contributed by atoms with Crippen LogP contribution in [0.15, 0.2) is 18.2 Å². The summed E-state index contributed by atoms with van der Waals surface area (Å²) < 4.78 is 13.4. The zero-order chi connectivity index (χ0) is 14.5. The van der Waals surface area contributed by atoms with E-state index >= 15 is 0 Å². The quantitative estimate of drug-likeness (QED) is 0.844. The fraction of sp³-hybridized carbons (Fsp3) is 0.588. The number of aliphatic carboxylic acids is 1. The molecule has 0 amide bonds. The van der Waals surface area contributed by atoms with Crippen molar-refractivity contribution in [2.75, 3.05) is 0 Å². The number of aryl methyl sites for hydroxylation is 1. The van der Waals surface area contributed by atoms with Crippen molar-refractivity contribution < 1.29 is 14.3 Å². The number of hydrogen-bond acceptors (Lipinski definition) is 1. The fourth-order valence-electron chi connectivity index (χ4n) is 4.72. The highest BCUT2D eigenvalue weighted by Gasteiger charge is 2.55. The molecule has 20 heavy (non-hydrogen) atoms. The predicted molar refractivity (Wildman–Crippen MR) is 75.2 cm³/mol. The highest BCUT2D eigenvalue weighted by molar-refractivity contribution is 5.75. The lowest BCUT2D eigenvalue weighted by atomic mass is 9.50. The van der Waals surface area contributed by atoms with Crippen LogP contribution < -0.4 is 0 Å². The second-order valence-corrected chi connectivity index (χ2v) is 6.89. The maximum Gasteiger partial charge on any atom is 0.309 e. The van der Waals surface area contributed by atoms with Gasteiger partial charge in [-0.15, -0.1) is 0 Å². The molecule has 0 aliphatic heterocycles. The lowest BCUT2D eigenvalue weighted by molar-refractivity contribution is -0.157. The molecule has 3 heteroatoms. The first-order valence-electron chi connectivity index (χ1n) is 7.40. The molecule has 3 unspecified atom stereocenters. The Morgan fingerprint density at radius 3 is 2.80 bits per heavy atom. The van der Waals surface area contributed by atoms with E-state index in [9.17, 15) is 14.3 Å². The van der Waals surface area contributed by atoms with Crippen LogP contribution in [0.1, 0.15) is 50.7 Å². The third-order valence-corrected chi connectivity index (χ3v) is 5.80. The van der Waals surface area contributed by atoms with Gasteiger partial charge in [-0.3, -0.25) is 4.79 Å². The zero-order valence-corrected chi connectivity index (χ0v) is 12.1. The summed E-state index contributed by atoms with van der Waals surface area (Å²) in [6, 6.07) is 5.02. The lowest BCUT2D eigenvalue weighted by Crippen LogP contribution is -2.52. The molecule has 2 nitrogen and oxygen atoms in total. The summed E-state index contributed by atoms with van der Waals surface area (Å²) >= 11 is 0. The molecule has 0 aromatic heterocycles. The van der Waals surface area contributed by atoms with Crippen molar-refractivity contribution in [1.82, 2.24) is 0 Å². The molecule has 0 radical (unpaired) electrons. The number of benzene rings is 1. The van der Waals surface area contributed by atoms with Crippen LogP contribution >= 0.6 is 0 Å². The second kappa shape index (κ2) is 4.31. The third-order valence-electron chi connectivity index (χ3n) is 5.80. The van der Waals surface area contributed by atoms with Crippen LogP contribution in [0.2, 0.25) is 0 Å². The molecule has 0 heterocycles. The van der Waals surface area contributed by atoms with Gasteiger partial charge in [-0.2, -0.15) is 0 Å². The van der Waals surface area contributed by atoms with E-state index in [1.54, 1.807) is 6.07 Å². The Labute approximate surface area is 119 Å². The minimum absolute atomic E-state index is 0.132. The van der Waals surface area contributed by atoms with E-state index < -0.39 is 11.4 Å². The second-order valence-electron chi connectivity index (χ2n) is 6.89. The van der Waals surface area contributed by atoms with Crippen molar-refractivity contribution in [3.05, 3.63) is 35.1 Å².